The van der Waals surface area contributed by atoms with Crippen LogP contribution in [0.1, 0.15) is 61.6 Å². The Hall–Kier alpha value is -3.73. The molecular weight excluding hydrogens is 611 g/mol. The highest BCUT2D eigenvalue weighted by Gasteiger charge is 2.49. The van der Waals surface area contributed by atoms with E-state index in [1.807, 2.05) is 0 Å². The molecule has 1 aliphatic carbocycles. The number of hydrogen-bond acceptors (Lipinski definition) is 2. The standard InChI is InChI=1S/C34H29F9O2/c1-2-3-20-4-5-25-17-24(7-6-23(25)16-20)21-8-12-27(13-9-21)32(37,38)44-28-14-10-22(11-15-28)26-18-29(35)31(30(36)19-26)33(39,40)45-34(41,42)43/h4-7,10-11,14-19,21,27H,2-3,8-9,12-13H2,1H3. The molecule has 4 aromatic rings. The van der Waals surface area contributed by atoms with Gasteiger partial charge in [0, 0.05) is 0 Å². The fourth-order valence-corrected chi connectivity index (χ4v) is 5.94. The largest absolute Gasteiger partial charge is 0.527 e. The van der Waals surface area contributed by atoms with Crippen LogP contribution in [0.5, 0.6) is 5.75 Å². The predicted molar refractivity (Wildman–Crippen MR) is 151 cm³/mol. The van der Waals surface area contributed by atoms with Crippen molar-refractivity contribution in [3.8, 4) is 16.9 Å². The molecule has 0 spiro atoms. The quantitative estimate of drug-likeness (QED) is 0.170. The van der Waals surface area contributed by atoms with E-state index in [9.17, 15) is 30.7 Å². The van der Waals surface area contributed by atoms with Gasteiger partial charge in [-0.15, -0.1) is 13.2 Å². The third-order valence-electron chi connectivity index (χ3n) is 8.16. The maximum atomic E-state index is 15.2. The minimum atomic E-state index is -5.85. The van der Waals surface area contributed by atoms with E-state index in [2.05, 4.69) is 48.1 Å². The van der Waals surface area contributed by atoms with Crippen LogP contribution in [0.2, 0.25) is 0 Å². The van der Waals surface area contributed by atoms with E-state index in [0.717, 1.165) is 41.3 Å². The van der Waals surface area contributed by atoms with Crippen LogP contribution < -0.4 is 4.74 Å². The predicted octanol–water partition coefficient (Wildman–Crippen LogP) is 11.3. The average Bonchev–Trinajstić information content (AvgIpc) is 2.95. The topological polar surface area (TPSA) is 18.5 Å². The van der Waals surface area contributed by atoms with Crippen molar-refractivity contribution in [1.29, 1.82) is 0 Å². The SMILES string of the molecule is CCCc1ccc2cc(C3CCC(C(F)(F)Oc4ccc(-c5cc(F)c(C(F)(F)OC(F)(F)F)c(F)c5)cc4)CC3)ccc2c1. The Morgan fingerprint density at radius 2 is 1.29 bits per heavy atom. The van der Waals surface area contributed by atoms with Crippen molar-refractivity contribution < 1.29 is 49.0 Å². The Morgan fingerprint density at radius 3 is 1.89 bits per heavy atom. The number of hydrogen-bond donors (Lipinski definition) is 0. The van der Waals surface area contributed by atoms with Gasteiger partial charge < -0.3 is 4.74 Å². The molecule has 0 radical (unpaired) electrons. The second kappa shape index (κ2) is 12.6. The third-order valence-corrected chi connectivity index (χ3v) is 8.16. The van der Waals surface area contributed by atoms with E-state index in [-0.39, 0.29) is 35.6 Å². The van der Waals surface area contributed by atoms with E-state index in [0.29, 0.717) is 25.0 Å². The molecule has 240 valence electrons. The highest BCUT2D eigenvalue weighted by molar-refractivity contribution is 5.84. The Kier molecular flexibility index (Phi) is 9.13. The van der Waals surface area contributed by atoms with Crippen LogP contribution in [0.3, 0.4) is 0 Å². The molecule has 0 N–H and O–H groups in total. The van der Waals surface area contributed by atoms with E-state index in [4.69, 9.17) is 4.74 Å². The molecule has 1 saturated carbocycles. The van der Waals surface area contributed by atoms with Gasteiger partial charge in [-0.2, -0.15) is 17.6 Å². The van der Waals surface area contributed by atoms with Crippen LogP contribution in [0.4, 0.5) is 39.5 Å². The summed E-state index contributed by atoms with van der Waals surface area (Å²) in [5.41, 5.74) is -0.116. The summed E-state index contributed by atoms with van der Waals surface area (Å²) in [6.07, 6.45) is -11.0. The smallest absolute Gasteiger partial charge is 0.432 e. The van der Waals surface area contributed by atoms with E-state index in [1.54, 1.807) is 0 Å². The molecule has 0 heterocycles. The molecule has 2 nitrogen and oxygen atoms in total. The highest BCUT2D eigenvalue weighted by atomic mass is 19.4. The first-order valence-corrected chi connectivity index (χ1v) is 14.5. The third kappa shape index (κ3) is 7.57. The molecule has 11 heteroatoms. The summed E-state index contributed by atoms with van der Waals surface area (Å²) in [5.74, 6) is -5.09. The monoisotopic (exact) mass is 640 g/mol. The van der Waals surface area contributed by atoms with Crippen molar-refractivity contribution in [2.45, 2.75) is 69.9 Å². The van der Waals surface area contributed by atoms with E-state index < -0.39 is 41.7 Å². The van der Waals surface area contributed by atoms with Gasteiger partial charge in [0.25, 0.3) is 0 Å². The summed E-state index contributed by atoms with van der Waals surface area (Å²) in [5, 5.41) is 2.26. The van der Waals surface area contributed by atoms with Gasteiger partial charge >= 0.3 is 18.6 Å². The molecule has 0 aliphatic heterocycles. The number of aryl methyl sites for hydroxylation is 1. The lowest BCUT2D eigenvalue weighted by Gasteiger charge is -2.33. The summed E-state index contributed by atoms with van der Waals surface area (Å²) in [6, 6.07) is 18.0. The molecule has 0 aromatic heterocycles. The summed E-state index contributed by atoms with van der Waals surface area (Å²) in [4.78, 5) is 0. The molecular formula is C34H29F9O2. The molecule has 0 bridgehead atoms. The summed E-state index contributed by atoms with van der Waals surface area (Å²) >= 11 is 0. The maximum Gasteiger partial charge on any atom is 0.527 e. The molecule has 1 fully saturated rings. The lowest BCUT2D eigenvalue weighted by molar-refractivity contribution is -0.432. The van der Waals surface area contributed by atoms with Crippen LogP contribution in [-0.4, -0.2) is 12.5 Å². The van der Waals surface area contributed by atoms with Crippen LogP contribution in [0.25, 0.3) is 21.9 Å². The fourth-order valence-electron chi connectivity index (χ4n) is 5.94. The summed E-state index contributed by atoms with van der Waals surface area (Å²) < 4.78 is 131. The Morgan fingerprint density at radius 1 is 0.689 bits per heavy atom. The van der Waals surface area contributed by atoms with Gasteiger partial charge in [-0.25, -0.2) is 13.5 Å². The number of fused-ring (bicyclic) bond motifs is 1. The first-order chi connectivity index (χ1) is 21.1. The lowest BCUT2D eigenvalue weighted by atomic mass is 9.78. The van der Waals surface area contributed by atoms with Gasteiger partial charge in [0.1, 0.15) is 22.9 Å². The van der Waals surface area contributed by atoms with Crippen LogP contribution >= 0.6 is 0 Å². The number of benzene rings is 4. The normalized spacial score (nSPS) is 17.9. The molecule has 4 aromatic carbocycles. The Bertz CT molecular complexity index is 1620. The average molecular weight is 641 g/mol. The van der Waals surface area contributed by atoms with Gasteiger partial charge in [-0.3, -0.25) is 0 Å². The van der Waals surface area contributed by atoms with Crippen molar-refractivity contribution in [1.82, 2.24) is 0 Å². The van der Waals surface area contributed by atoms with Crippen molar-refractivity contribution >= 4 is 10.8 Å². The summed E-state index contributed by atoms with van der Waals surface area (Å²) in [6.45, 7) is 2.13. The first kappa shape index (κ1) is 32.7. The Labute approximate surface area is 253 Å². The van der Waals surface area contributed by atoms with Crippen molar-refractivity contribution in [3.63, 3.8) is 0 Å². The second-order valence-electron chi connectivity index (χ2n) is 11.3. The zero-order valence-electron chi connectivity index (χ0n) is 24.0. The summed E-state index contributed by atoms with van der Waals surface area (Å²) in [7, 11) is 0. The number of ether oxygens (including phenoxy) is 2. The lowest BCUT2D eigenvalue weighted by Crippen LogP contribution is -2.37. The first-order valence-electron chi connectivity index (χ1n) is 14.5. The zero-order valence-corrected chi connectivity index (χ0v) is 24.0. The van der Waals surface area contributed by atoms with Crippen molar-refractivity contribution in [2.24, 2.45) is 5.92 Å². The van der Waals surface area contributed by atoms with Crippen molar-refractivity contribution in [2.75, 3.05) is 0 Å². The molecule has 0 saturated heterocycles. The fraction of sp³-hybridized carbons (Fsp3) is 0.353. The van der Waals surface area contributed by atoms with Gasteiger partial charge in [-0.05, 0) is 95.3 Å². The number of alkyl halides is 7. The van der Waals surface area contributed by atoms with Crippen LogP contribution in [0, 0.1) is 17.6 Å². The number of rotatable bonds is 9. The molecule has 0 atom stereocenters. The van der Waals surface area contributed by atoms with Crippen LogP contribution in [0.15, 0.2) is 72.8 Å². The Balaban J connectivity index is 1.22. The van der Waals surface area contributed by atoms with Gasteiger partial charge in [-0.1, -0.05) is 61.9 Å². The van der Waals surface area contributed by atoms with Gasteiger partial charge in [0.15, 0.2) is 0 Å². The minimum absolute atomic E-state index is 0.0209. The molecule has 5 rings (SSSR count). The van der Waals surface area contributed by atoms with Crippen LogP contribution in [-0.2, 0) is 17.3 Å². The second-order valence-corrected chi connectivity index (χ2v) is 11.3. The van der Waals surface area contributed by atoms with E-state index >= 15 is 8.78 Å². The maximum absolute atomic E-state index is 15.2. The molecule has 45 heavy (non-hydrogen) atoms. The molecule has 1 aliphatic rings. The van der Waals surface area contributed by atoms with Gasteiger partial charge in [0.2, 0.25) is 0 Å². The molecule has 0 unspecified atom stereocenters. The highest BCUT2D eigenvalue weighted by Crippen LogP contribution is 2.44. The minimum Gasteiger partial charge on any atom is -0.432 e. The van der Waals surface area contributed by atoms with Gasteiger partial charge in [0.05, 0.1) is 5.92 Å². The van der Waals surface area contributed by atoms with Crippen molar-refractivity contribution in [3.05, 3.63) is 101 Å². The zero-order chi connectivity index (χ0) is 32.6. The van der Waals surface area contributed by atoms with E-state index in [1.165, 1.54) is 17.7 Å². The molecule has 0 amide bonds. The number of halogens is 9.